The molecule has 0 saturated carbocycles. The second-order valence-corrected chi connectivity index (χ2v) is 8.77. The van der Waals surface area contributed by atoms with Gasteiger partial charge >= 0.3 is 0 Å². The first kappa shape index (κ1) is 24.4. The molecule has 0 aromatic carbocycles. The third-order valence-corrected chi connectivity index (χ3v) is 6.10. The van der Waals surface area contributed by atoms with E-state index >= 15 is 0 Å². The van der Waals surface area contributed by atoms with E-state index in [1.54, 1.807) is 0 Å². The van der Waals surface area contributed by atoms with Gasteiger partial charge in [0.2, 0.25) is 0 Å². The Labute approximate surface area is 171 Å². The molecular weight excluding hydrogens is 328 g/mol. The molecule has 0 amide bonds. The zero-order valence-electron chi connectivity index (χ0n) is 18.8. The lowest BCUT2D eigenvalue weighted by molar-refractivity contribution is -0.780. The number of unbranched alkanes of at least 4 members (excludes halogenated alkanes) is 16. The number of hydrogen-bond donors (Lipinski definition) is 0. The first-order valence-corrected chi connectivity index (χ1v) is 12.4. The van der Waals surface area contributed by atoms with E-state index in [0.29, 0.717) is 0 Å². The summed E-state index contributed by atoms with van der Waals surface area (Å²) in [5.41, 5.74) is 0. The number of rotatable bonds is 20. The van der Waals surface area contributed by atoms with E-state index in [-0.39, 0.29) is 0 Å². The van der Waals surface area contributed by atoms with Crippen LogP contribution in [0, 0.1) is 0 Å². The van der Waals surface area contributed by atoms with E-state index in [2.05, 4.69) is 31.4 Å². The van der Waals surface area contributed by atoms with Crippen LogP contribution in [0.15, 0.2) is 17.4 Å². The van der Waals surface area contributed by atoms with Crippen LogP contribution < -0.4 is 0 Å². The summed E-state index contributed by atoms with van der Waals surface area (Å²) < 4.78 is 1.02. The molecule has 1 aliphatic heterocycles. The molecule has 0 aromatic heterocycles. The van der Waals surface area contributed by atoms with Crippen LogP contribution in [0.4, 0.5) is 0 Å². The third-order valence-electron chi connectivity index (χ3n) is 6.10. The largest absolute Gasteiger partial charge is 0.254 e. The van der Waals surface area contributed by atoms with E-state index in [1.807, 2.05) is 6.20 Å². The van der Waals surface area contributed by atoms with E-state index in [9.17, 15) is 0 Å². The van der Waals surface area contributed by atoms with Crippen LogP contribution in [0.3, 0.4) is 0 Å². The number of quaternary nitrogens is 1. The van der Waals surface area contributed by atoms with Crippen LogP contribution in [-0.2, 0) is 0 Å². The molecule has 0 spiro atoms. The molecule has 158 valence electrons. The maximum absolute atomic E-state index is 4.41. The Balaban J connectivity index is 1.96. The summed E-state index contributed by atoms with van der Waals surface area (Å²) in [6.07, 6.45) is 32.0. The zero-order chi connectivity index (χ0) is 19.5. The van der Waals surface area contributed by atoms with Gasteiger partial charge < -0.3 is 0 Å². The normalized spacial score (nSPS) is 18.6. The molecule has 1 atom stereocenters. The fourth-order valence-corrected chi connectivity index (χ4v) is 4.19. The summed E-state index contributed by atoms with van der Waals surface area (Å²) in [7, 11) is 0. The predicted octanol–water partition coefficient (Wildman–Crippen LogP) is 8.38. The summed E-state index contributed by atoms with van der Waals surface area (Å²) in [5, 5.41) is 0. The monoisotopic (exact) mass is 377 g/mol. The van der Waals surface area contributed by atoms with Crippen LogP contribution in [0.1, 0.15) is 129 Å². The van der Waals surface area contributed by atoms with Crippen LogP contribution >= 0.6 is 0 Å². The lowest BCUT2D eigenvalue weighted by atomic mass is 10.0. The lowest BCUT2D eigenvalue weighted by Gasteiger charge is -2.27. The minimum atomic E-state index is 1.02. The van der Waals surface area contributed by atoms with Crippen LogP contribution in [0.25, 0.3) is 0 Å². The van der Waals surface area contributed by atoms with Crippen molar-refractivity contribution in [3.63, 3.8) is 0 Å². The van der Waals surface area contributed by atoms with E-state index in [4.69, 9.17) is 0 Å². The van der Waals surface area contributed by atoms with Crippen molar-refractivity contribution in [2.45, 2.75) is 129 Å². The van der Waals surface area contributed by atoms with Gasteiger partial charge in [-0.25, -0.2) is 4.99 Å². The molecule has 0 N–H and O–H groups in total. The number of nitrogens with zero attached hydrogens (tertiary/aromatic N) is 2. The maximum Gasteiger partial charge on any atom is 0.194 e. The van der Waals surface area contributed by atoms with Gasteiger partial charge in [0.25, 0.3) is 0 Å². The fourth-order valence-electron chi connectivity index (χ4n) is 4.19. The number of aliphatic imine (C=N–C) groups is 1. The first-order valence-electron chi connectivity index (χ1n) is 12.4. The standard InChI is InChI=1S/C25H49N2/c1-3-5-7-9-11-12-13-14-15-16-18-20-23-27(24-21-26-25-27)22-19-17-10-8-6-4-2/h21,24-25H,3-20,22-23H2,1-2H3/q+1. The molecule has 1 unspecified atom stereocenters. The molecule has 1 heterocycles. The number of hydrogen-bond acceptors (Lipinski definition) is 1. The molecule has 2 heteroatoms. The van der Waals surface area contributed by atoms with Crippen molar-refractivity contribution in [3.8, 4) is 0 Å². The summed E-state index contributed by atoms with van der Waals surface area (Å²) in [6, 6.07) is 0. The molecule has 1 aliphatic rings. The highest BCUT2D eigenvalue weighted by molar-refractivity contribution is 5.50. The molecule has 0 radical (unpaired) electrons. The average molecular weight is 378 g/mol. The van der Waals surface area contributed by atoms with E-state index in [1.165, 1.54) is 129 Å². The maximum atomic E-state index is 4.41. The fraction of sp³-hybridized carbons (Fsp3) is 0.880. The molecule has 0 saturated heterocycles. The Bertz CT molecular complexity index is 361. The Morgan fingerprint density at radius 1 is 0.519 bits per heavy atom. The van der Waals surface area contributed by atoms with Gasteiger partial charge in [-0.1, -0.05) is 104 Å². The third kappa shape index (κ3) is 13.2. The molecule has 2 nitrogen and oxygen atoms in total. The van der Waals surface area contributed by atoms with Crippen molar-refractivity contribution >= 4 is 6.34 Å². The van der Waals surface area contributed by atoms with Crippen molar-refractivity contribution in [3.05, 3.63) is 12.4 Å². The van der Waals surface area contributed by atoms with Crippen molar-refractivity contribution in [2.24, 2.45) is 4.99 Å². The Kier molecular flexibility index (Phi) is 15.8. The van der Waals surface area contributed by atoms with Gasteiger partial charge in [-0.2, -0.15) is 0 Å². The van der Waals surface area contributed by atoms with Crippen molar-refractivity contribution in [1.82, 2.24) is 0 Å². The molecule has 0 fully saturated rings. The molecule has 0 aliphatic carbocycles. The summed E-state index contributed by atoms with van der Waals surface area (Å²) >= 11 is 0. The first-order chi connectivity index (χ1) is 13.3. The van der Waals surface area contributed by atoms with Gasteiger partial charge in [0.05, 0.1) is 19.3 Å². The Morgan fingerprint density at radius 2 is 0.889 bits per heavy atom. The smallest absolute Gasteiger partial charge is 0.194 e. The summed E-state index contributed by atoms with van der Waals surface area (Å²) in [5.74, 6) is 0. The van der Waals surface area contributed by atoms with Crippen LogP contribution in [-0.4, -0.2) is 23.9 Å². The van der Waals surface area contributed by atoms with Crippen LogP contribution in [0.5, 0.6) is 0 Å². The second-order valence-electron chi connectivity index (χ2n) is 8.77. The van der Waals surface area contributed by atoms with Gasteiger partial charge in [-0.3, -0.25) is 4.48 Å². The molecule has 27 heavy (non-hydrogen) atoms. The zero-order valence-corrected chi connectivity index (χ0v) is 18.8. The Hall–Kier alpha value is -0.630. The van der Waals surface area contributed by atoms with Crippen molar-refractivity contribution < 1.29 is 4.48 Å². The molecule has 0 aromatic rings. The summed E-state index contributed by atoms with van der Waals surface area (Å²) in [4.78, 5) is 4.41. The molecule has 1 rings (SSSR count). The topological polar surface area (TPSA) is 12.4 Å². The van der Waals surface area contributed by atoms with Gasteiger partial charge in [0.1, 0.15) is 6.20 Å². The minimum absolute atomic E-state index is 1.02. The quantitative estimate of drug-likeness (QED) is 0.149. The highest BCUT2D eigenvalue weighted by Gasteiger charge is 2.24. The Morgan fingerprint density at radius 3 is 1.22 bits per heavy atom. The molecular formula is C25H49N2+. The average Bonchev–Trinajstić information content (AvgIpc) is 3.14. The molecule has 0 bridgehead atoms. The predicted molar refractivity (Wildman–Crippen MR) is 122 cm³/mol. The van der Waals surface area contributed by atoms with Gasteiger partial charge in [0.15, 0.2) is 6.34 Å². The van der Waals surface area contributed by atoms with E-state index < -0.39 is 0 Å². The van der Waals surface area contributed by atoms with Gasteiger partial charge in [-0.05, 0) is 25.7 Å². The SMILES string of the molecule is CCCCCCCCCCCCCC[N+]1(CCCCCCCC)C=CN=C1. The highest BCUT2D eigenvalue weighted by atomic mass is 15.4. The van der Waals surface area contributed by atoms with Crippen LogP contribution in [0.2, 0.25) is 0 Å². The van der Waals surface area contributed by atoms with Gasteiger partial charge in [0, 0.05) is 0 Å². The summed E-state index contributed by atoms with van der Waals surface area (Å²) in [6.45, 7) is 7.10. The van der Waals surface area contributed by atoms with Gasteiger partial charge in [-0.15, -0.1) is 0 Å². The highest BCUT2D eigenvalue weighted by Crippen LogP contribution is 2.18. The van der Waals surface area contributed by atoms with Crippen molar-refractivity contribution in [1.29, 1.82) is 0 Å². The van der Waals surface area contributed by atoms with Crippen molar-refractivity contribution in [2.75, 3.05) is 13.1 Å². The second kappa shape index (κ2) is 17.5. The lowest BCUT2D eigenvalue weighted by Crippen LogP contribution is -2.41. The van der Waals surface area contributed by atoms with E-state index in [0.717, 1.165) is 4.48 Å². The minimum Gasteiger partial charge on any atom is -0.254 e.